The van der Waals surface area contributed by atoms with Gasteiger partial charge in [0.2, 0.25) is 0 Å². The first-order valence-electron chi connectivity index (χ1n) is 7.59. The molecular weight excluding hydrogens is 295 g/mol. The number of benzene rings is 2. The molecule has 2 rings (SSSR count). The van der Waals surface area contributed by atoms with Crippen molar-refractivity contribution in [2.45, 2.75) is 26.4 Å². The molecule has 122 valence electrons. The minimum absolute atomic E-state index is 0.134. The lowest BCUT2D eigenvalue weighted by molar-refractivity contribution is 0.182. The average molecular weight is 316 g/mol. The van der Waals surface area contributed by atoms with Crippen LogP contribution in [0.2, 0.25) is 0 Å². The summed E-state index contributed by atoms with van der Waals surface area (Å²) >= 11 is 0. The van der Waals surface area contributed by atoms with Gasteiger partial charge < -0.3 is 15.3 Å². The maximum atomic E-state index is 13.6. The molecule has 0 aliphatic heterocycles. The van der Waals surface area contributed by atoms with Crippen molar-refractivity contribution in [3.8, 4) is 5.75 Å². The van der Waals surface area contributed by atoms with Gasteiger partial charge in [-0.3, -0.25) is 0 Å². The van der Waals surface area contributed by atoms with E-state index in [2.05, 4.69) is 5.32 Å². The number of hydrogen-bond donors (Lipinski definition) is 2. The molecule has 0 spiro atoms. The normalized spacial score (nSPS) is 11.8. The van der Waals surface area contributed by atoms with Crippen molar-refractivity contribution in [1.82, 2.24) is 10.2 Å². The molecule has 0 heterocycles. The molecule has 0 unspecified atom stereocenters. The smallest absolute Gasteiger partial charge is 0.318 e. The third kappa shape index (κ3) is 4.22. The number of nitrogens with zero attached hydrogens (tertiary/aromatic N) is 1. The third-order valence-corrected chi connectivity index (χ3v) is 3.81. The third-order valence-electron chi connectivity index (χ3n) is 3.81. The largest absolute Gasteiger partial charge is 0.508 e. The van der Waals surface area contributed by atoms with Crippen molar-refractivity contribution in [1.29, 1.82) is 0 Å². The van der Waals surface area contributed by atoms with Crippen LogP contribution in [0.25, 0.3) is 0 Å². The van der Waals surface area contributed by atoms with Crippen molar-refractivity contribution in [3.05, 3.63) is 65.5 Å². The molecule has 23 heavy (non-hydrogen) atoms. The Balaban J connectivity index is 2.05. The highest BCUT2D eigenvalue weighted by Crippen LogP contribution is 2.23. The van der Waals surface area contributed by atoms with Crippen LogP contribution in [0.15, 0.2) is 48.5 Å². The SMILES string of the molecule is CCN(C(=O)NCc1ccccc1F)[C@@H](C)c1cccc(O)c1. The van der Waals surface area contributed by atoms with Gasteiger partial charge in [-0.15, -0.1) is 0 Å². The molecule has 4 nitrogen and oxygen atoms in total. The molecule has 2 N–H and O–H groups in total. The number of phenols is 1. The summed E-state index contributed by atoms with van der Waals surface area (Å²) in [5.41, 5.74) is 1.29. The van der Waals surface area contributed by atoms with Gasteiger partial charge in [0, 0.05) is 18.7 Å². The average Bonchev–Trinajstić information content (AvgIpc) is 2.54. The molecule has 2 aromatic carbocycles. The van der Waals surface area contributed by atoms with E-state index >= 15 is 0 Å². The first-order valence-corrected chi connectivity index (χ1v) is 7.59. The van der Waals surface area contributed by atoms with Gasteiger partial charge in [0.1, 0.15) is 11.6 Å². The molecule has 2 aromatic rings. The number of halogens is 1. The van der Waals surface area contributed by atoms with Gasteiger partial charge in [-0.05, 0) is 37.6 Å². The highest BCUT2D eigenvalue weighted by atomic mass is 19.1. The van der Waals surface area contributed by atoms with E-state index < -0.39 is 0 Å². The Hall–Kier alpha value is -2.56. The Morgan fingerprint density at radius 3 is 2.65 bits per heavy atom. The molecule has 5 heteroatoms. The molecule has 0 aliphatic rings. The minimum atomic E-state index is -0.336. The van der Waals surface area contributed by atoms with E-state index in [4.69, 9.17) is 0 Å². The highest BCUT2D eigenvalue weighted by Gasteiger charge is 2.20. The Kier molecular flexibility index (Phi) is 5.57. The molecule has 2 amide bonds. The molecule has 0 fully saturated rings. The number of urea groups is 1. The van der Waals surface area contributed by atoms with Crippen LogP contribution in [0.1, 0.15) is 31.0 Å². The Labute approximate surface area is 135 Å². The van der Waals surface area contributed by atoms with Gasteiger partial charge in [0.25, 0.3) is 0 Å². The van der Waals surface area contributed by atoms with Crippen molar-refractivity contribution in [2.24, 2.45) is 0 Å². The topological polar surface area (TPSA) is 52.6 Å². The molecule has 0 aromatic heterocycles. The predicted molar refractivity (Wildman–Crippen MR) is 87.5 cm³/mol. The summed E-state index contributed by atoms with van der Waals surface area (Å²) < 4.78 is 13.6. The van der Waals surface area contributed by atoms with Gasteiger partial charge in [0.15, 0.2) is 0 Å². The van der Waals surface area contributed by atoms with E-state index in [0.29, 0.717) is 12.1 Å². The molecule has 0 radical (unpaired) electrons. The van der Waals surface area contributed by atoms with Crippen molar-refractivity contribution in [2.75, 3.05) is 6.54 Å². The lowest BCUT2D eigenvalue weighted by Crippen LogP contribution is -2.41. The molecule has 0 saturated heterocycles. The van der Waals surface area contributed by atoms with Crippen LogP contribution in [0.4, 0.5) is 9.18 Å². The quantitative estimate of drug-likeness (QED) is 0.881. The monoisotopic (exact) mass is 316 g/mol. The molecule has 0 bridgehead atoms. The summed E-state index contributed by atoms with van der Waals surface area (Å²) in [5.74, 6) is -0.172. The van der Waals surface area contributed by atoms with E-state index in [1.165, 1.54) is 6.07 Å². The molecule has 0 saturated carbocycles. The van der Waals surface area contributed by atoms with Crippen molar-refractivity contribution in [3.63, 3.8) is 0 Å². The van der Waals surface area contributed by atoms with Crippen LogP contribution in [-0.2, 0) is 6.54 Å². The van der Waals surface area contributed by atoms with E-state index in [0.717, 1.165) is 5.56 Å². The van der Waals surface area contributed by atoms with Gasteiger partial charge in [0.05, 0.1) is 6.04 Å². The van der Waals surface area contributed by atoms with Gasteiger partial charge in [-0.2, -0.15) is 0 Å². The maximum Gasteiger partial charge on any atom is 0.318 e. The van der Waals surface area contributed by atoms with Crippen molar-refractivity contribution >= 4 is 6.03 Å². The van der Waals surface area contributed by atoms with Gasteiger partial charge in [-0.25, -0.2) is 9.18 Å². The summed E-state index contributed by atoms with van der Waals surface area (Å²) in [7, 11) is 0. The second-order valence-electron chi connectivity index (χ2n) is 5.31. The minimum Gasteiger partial charge on any atom is -0.508 e. The zero-order valence-electron chi connectivity index (χ0n) is 13.3. The number of nitrogens with one attached hydrogen (secondary N) is 1. The fraction of sp³-hybridized carbons (Fsp3) is 0.278. The van der Waals surface area contributed by atoms with Gasteiger partial charge >= 0.3 is 6.03 Å². The Morgan fingerprint density at radius 2 is 2.00 bits per heavy atom. The van der Waals surface area contributed by atoms with Crippen LogP contribution in [-0.4, -0.2) is 22.6 Å². The standard InChI is InChI=1S/C18H21FN2O2/c1-3-21(13(2)14-8-6-9-16(22)11-14)18(23)20-12-15-7-4-5-10-17(15)19/h4-11,13,22H,3,12H2,1-2H3,(H,20,23)/t13-/m0/s1. The first kappa shape index (κ1) is 16.8. The first-order chi connectivity index (χ1) is 11.0. The number of hydrogen-bond acceptors (Lipinski definition) is 2. The molecule has 0 aliphatic carbocycles. The lowest BCUT2D eigenvalue weighted by Gasteiger charge is -2.28. The van der Waals surface area contributed by atoms with Crippen molar-refractivity contribution < 1.29 is 14.3 Å². The number of amides is 2. The van der Waals surface area contributed by atoms with Crippen LogP contribution >= 0.6 is 0 Å². The van der Waals surface area contributed by atoms with Crippen LogP contribution in [0.3, 0.4) is 0 Å². The Morgan fingerprint density at radius 1 is 1.26 bits per heavy atom. The Bertz CT molecular complexity index is 676. The number of rotatable bonds is 5. The zero-order chi connectivity index (χ0) is 16.8. The number of aromatic hydroxyl groups is 1. The second-order valence-corrected chi connectivity index (χ2v) is 5.31. The second kappa shape index (κ2) is 7.63. The van der Waals surface area contributed by atoms with E-state index in [1.54, 1.807) is 41.3 Å². The fourth-order valence-electron chi connectivity index (χ4n) is 2.47. The van der Waals surface area contributed by atoms with E-state index in [9.17, 15) is 14.3 Å². The summed E-state index contributed by atoms with van der Waals surface area (Å²) in [6, 6.07) is 12.7. The van der Waals surface area contributed by atoms with E-state index in [-0.39, 0.29) is 30.2 Å². The number of carbonyl (C=O) groups is 1. The number of phenolic OH excluding ortho intramolecular Hbond substituents is 1. The highest BCUT2D eigenvalue weighted by molar-refractivity contribution is 5.74. The zero-order valence-corrected chi connectivity index (χ0v) is 13.3. The molecular formula is C18H21FN2O2. The van der Waals surface area contributed by atoms with E-state index in [1.807, 2.05) is 19.9 Å². The lowest BCUT2D eigenvalue weighted by atomic mass is 10.1. The van der Waals surface area contributed by atoms with Crippen LogP contribution in [0.5, 0.6) is 5.75 Å². The summed E-state index contributed by atoms with van der Waals surface area (Å²) in [4.78, 5) is 14.0. The fourth-order valence-corrected chi connectivity index (χ4v) is 2.47. The van der Waals surface area contributed by atoms with Crippen LogP contribution < -0.4 is 5.32 Å². The summed E-state index contributed by atoms with van der Waals surface area (Å²) in [5, 5.41) is 12.3. The summed E-state index contributed by atoms with van der Waals surface area (Å²) in [6.07, 6.45) is 0. The van der Waals surface area contributed by atoms with Gasteiger partial charge in [-0.1, -0.05) is 30.3 Å². The van der Waals surface area contributed by atoms with Crippen LogP contribution in [0, 0.1) is 5.82 Å². The summed E-state index contributed by atoms with van der Waals surface area (Å²) in [6.45, 7) is 4.40. The predicted octanol–water partition coefficient (Wildman–Crippen LogP) is 3.82. The maximum absolute atomic E-state index is 13.6. The number of carbonyl (C=O) groups excluding carboxylic acids is 1. The molecule has 1 atom stereocenters.